The van der Waals surface area contributed by atoms with E-state index in [1.165, 1.54) is 57.8 Å². The number of ketones is 1. The quantitative estimate of drug-likeness (QED) is 0.0374. The van der Waals surface area contributed by atoms with Gasteiger partial charge in [-0.3, -0.25) is 9.59 Å². The third-order valence-corrected chi connectivity index (χ3v) is 9.78. The van der Waals surface area contributed by atoms with Crippen LogP contribution >= 0.6 is 0 Å². The Morgan fingerprint density at radius 3 is 1.91 bits per heavy atom. The summed E-state index contributed by atoms with van der Waals surface area (Å²) in [5.74, 6) is -0.706. The lowest BCUT2D eigenvalue weighted by molar-refractivity contribution is -0.124. The number of aliphatic hydroxyl groups excluding tert-OH is 5. The minimum atomic E-state index is -1.21. The van der Waals surface area contributed by atoms with Gasteiger partial charge in [-0.2, -0.15) is 0 Å². The van der Waals surface area contributed by atoms with Crippen molar-refractivity contribution in [2.75, 3.05) is 6.61 Å². The summed E-state index contributed by atoms with van der Waals surface area (Å²) >= 11 is 0. The highest BCUT2D eigenvalue weighted by molar-refractivity contribution is 5.86. The fourth-order valence-electron chi connectivity index (χ4n) is 6.71. The molecule has 0 aromatic carbocycles. The molecule has 8 nitrogen and oxygen atoms in total. The van der Waals surface area contributed by atoms with Crippen molar-refractivity contribution in [3.05, 3.63) is 12.2 Å². The number of nitrogens with one attached hydrogen (secondary N) is 1. The number of hydrogen-bond acceptors (Lipinski definition) is 7. The molecule has 0 heterocycles. The highest BCUT2D eigenvalue weighted by atomic mass is 16.3. The largest absolute Gasteiger partial charge is 0.394 e. The molecule has 7 atom stereocenters. The molecule has 0 aliphatic heterocycles. The Balaban J connectivity index is 2.20. The van der Waals surface area contributed by atoms with Gasteiger partial charge in [-0.1, -0.05) is 142 Å². The Bertz CT molecular complexity index is 791. The van der Waals surface area contributed by atoms with Crippen LogP contribution in [0.2, 0.25) is 0 Å². The van der Waals surface area contributed by atoms with Crippen LogP contribution in [0.5, 0.6) is 0 Å². The van der Waals surface area contributed by atoms with Gasteiger partial charge in [-0.15, -0.1) is 0 Å². The van der Waals surface area contributed by atoms with E-state index in [9.17, 15) is 35.1 Å². The number of rotatable bonds is 30. The van der Waals surface area contributed by atoms with Crippen molar-refractivity contribution in [1.29, 1.82) is 0 Å². The third kappa shape index (κ3) is 19.5. The van der Waals surface area contributed by atoms with E-state index in [0.717, 1.165) is 64.2 Å². The fraction of sp³-hybridized carbons (Fsp3) is 0.895. The van der Waals surface area contributed by atoms with Crippen LogP contribution in [0.15, 0.2) is 12.2 Å². The molecule has 270 valence electrons. The molecule has 0 bridgehead atoms. The van der Waals surface area contributed by atoms with Crippen LogP contribution in [0, 0.1) is 11.8 Å². The zero-order valence-corrected chi connectivity index (χ0v) is 29.4. The SMILES string of the molecule is CCCCCCCCCCCCCCC(O)C(O)[C@H](CO)NC(=O)CCCCCC[C@H]1[C@@H](O)CC(=O)[C@@H]1/C=C/[C@@H](O)CCCCC. The first kappa shape index (κ1) is 42.7. The molecule has 8 heteroatoms. The maximum absolute atomic E-state index is 12.5. The van der Waals surface area contributed by atoms with Crippen molar-refractivity contribution in [2.24, 2.45) is 11.8 Å². The Labute approximate surface area is 280 Å². The van der Waals surface area contributed by atoms with E-state index in [-0.39, 0.29) is 36.4 Å². The smallest absolute Gasteiger partial charge is 0.220 e. The minimum absolute atomic E-state index is 0.0333. The monoisotopic (exact) mass is 654 g/mol. The Morgan fingerprint density at radius 2 is 1.30 bits per heavy atom. The van der Waals surface area contributed by atoms with Gasteiger partial charge in [-0.25, -0.2) is 0 Å². The number of allylic oxidation sites excluding steroid dienone is 1. The molecule has 6 N–H and O–H groups in total. The number of aliphatic hydroxyl groups is 5. The summed E-state index contributed by atoms with van der Waals surface area (Å²) < 4.78 is 0. The van der Waals surface area contributed by atoms with Gasteiger partial charge >= 0.3 is 0 Å². The van der Waals surface area contributed by atoms with Crippen LogP contribution in [0.1, 0.15) is 168 Å². The first-order valence-electron chi connectivity index (χ1n) is 19.1. The second-order valence-electron chi connectivity index (χ2n) is 13.9. The molecule has 1 saturated carbocycles. The molecule has 0 aromatic heterocycles. The van der Waals surface area contributed by atoms with Crippen LogP contribution in [0.25, 0.3) is 0 Å². The van der Waals surface area contributed by atoms with Crippen LogP contribution in [0.4, 0.5) is 0 Å². The van der Waals surface area contributed by atoms with E-state index >= 15 is 0 Å². The highest BCUT2D eigenvalue weighted by Crippen LogP contribution is 2.34. The molecule has 2 unspecified atom stereocenters. The molecule has 1 fully saturated rings. The van der Waals surface area contributed by atoms with Gasteiger partial charge in [0.15, 0.2) is 0 Å². The lowest BCUT2D eigenvalue weighted by Gasteiger charge is -2.26. The zero-order valence-electron chi connectivity index (χ0n) is 29.4. The third-order valence-electron chi connectivity index (χ3n) is 9.78. The molecule has 0 spiro atoms. The highest BCUT2D eigenvalue weighted by Gasteiger charge is 2.39. The standard InChI is InChI=1S/C38H71NO7/c1-3-5-7-8-9-10-11-12-13-14-15-20-24-34(42)38(46)33(29-40)39-37(45)25-21-17-16-19-23-31-32(36(44)28-35(31)43)27-26-30(41)22-18-6-4-2/h26-27,30-35,38,40-43,46H,3-25,28-29H2,1-2H3,(H,39,45)/b27-26+/t30-,31+,32+,33-,34?,35-,38?/m0/s1. The number of carbonyl (C=O) groups is 2. The van der Waals surface area contributed by atoms with Gasteiger partial charge in [0.05, 0.1) is 31.0 Å². The van der Waals surface area contributed by atoms with Crippen molar-refractivity contribution >= 4 is 11.7 Å². The topological polar surface area (TPSA) is 147 Å². The van der Waals surface area contributed by atoms with Gasteiger partial charge in [0.25, 0.3) is 0 Å². The molecule has 1 rings (SSSR count). The molecule has 1 aliphatic rings. The van der Waals surface area contributed by atoms with Crippen LogP contribution < -0.4 is 5.32 Å². The Kier molecular flexibility index (Phi) is 25.6. The van der Waals surface area contributed by atoms with Gasteiger partial charge in [-0.05, 0) is 31.6 Å². The number of carbonyl (C=O) groups excluding carboxylic acids is 2. The van der Waals surface area contributed by atoms with E-state index in [2.05, 4.69) is 19.2 Å². The molecule has 1 aliphatic carbocycles. The van der Waals surface area contributed by atoms with Crippen molar-refractivity contribution in [3.8, 4) is 0 Å². The zero-order chi connectivity index (χ0) is 34.0. The van der Waals surface area contributed by atoms with Gasteiger partial charge in [0.2, 0.25) is 5.91 Å². The van der Waals surface area contributed by atoms with Gasteiger partial charge < -0.3 is 30.8 Å². The molecule has 0 saturated heterocycles. The molecular formula is C38H71NO7. The maximum atomic E-state index is 12.5. The van der Waals surface area contributed by atoms with Gasteiger partial charge in [0.1, 0.15) is 11.9 Å². The Hall–Kier alpha value is -1.32. The number of Topliss-reactive ketones (excluding diaryl/α,β-unsaturated/α-hetero) is 1. The van der Waals surface area contributed by atoms with E-state index in [0.29, 0.717) is 19.3 Å². The average Bonchev–Trinajstić information content (AvgIpc) is 3.31. The van der Waals surface area contributed by atoms with Crippen LogP contribution in [0.3, 0.4) is 0 Å². The number of amides is 1. The lowest BCUT2D eigenvalue weighted by Crippen LogP contribution is -2.50. The molecule has 46 heavy (non-hydrogen) atoms. The summed E-state index contributed by atoms with van der Waals surface area (Å²) in [5.41, 5.74) is 0. The second kappa shape index (κ2) is 27.6. The van der Waals surface area contributed by atoms with E-state index in [1.807, 2.05) is 0 Å². The maximum Gasteiger partial charge on any atom is 0.220 e. The average molecular weight is 654 g/mol. The number of unbranched alkanes of at least 4 members (excludes halogenated alkanes) is 16. The normalized spacial score (nSPS) is 21.1. The van der Waals surface area contributed by atoms with Crippen molar-refractivity contribution in [2.45, 2.75) is 198 Å². The Morgan fingerprint density at radius 1 is 0.783 bits per heavy atom. The summed E-state index contributed by atoms with van der Waals surface area (Å²) in [6.45, 7) is 3.92. The summed E-state index contributed by atoms with van der Waals surface area (Å²) in [4.78, 5) is 24.9. The summed E-state index contributed by atoms with van der Waals surface area (Å²) in [6, 6.07) is -0.892. The van der Waals surface area contributed by atoms with Crippen LogP contribution in [-0.4, -0.2) is 74.3 Å². The second-order valence-corrected chi connectivity index (χ2v) is 13.9. The van der Waals surface area contributed by atoms with E-state index in [1.54, 1.807) is 12.2 Å². The predicted molar refractivity (Wildman–Crippen MR) is 186 cm³/mol. The van der Waals surface area contributed by atoms with Crippen molar-refractivity contribution in [1.82, 2.24) is 5.32 Å². The summed E-state index contributed by atoms with van der Waals surface area (Å²) in [6.07, 6.45) is 23.4. The lowest BCUT2D eigenvalue weighted by atomic mass is 9.88. The molecular weight excluding hydrogens is 582 g/mol. The van der Waals surface area contributed by atoms with E-state index < -0.39 is 37.1 Å². The fourth-order valence-corrected chi connectivity index (χ4v) is 6.71. The summed E-state index contributed by atoms with van der Waals surface area (Å²) in [7, 11) is 0. The molecule has 1 amide bonds. The molecule has 0 radical (unpaired) electrons. The first-order valence-corrected chi connectivity index (χ1v) is 19.1. The van der Waals surface area contributed by atoms with Crippen LogP contribution in [-0.2, 0) is 9.59 Å². The predicted octanol–water partition coefficient (Wildman–Crippen LogP) is 6.68. The van der Waals surface area contributed by atoms with E-state index in [4.69, 9.17) is 0 Å². The van der Waals surface area contributed by atoms with Gasteiger partial charge in [0, 0.05) is 18.8 Å². The van der Waals surface area contributed by atoms with Crippen molar-refractivity contribution in [3.63, 3.8) is 0 Å². The van der Waals surface area contributed by atoms with Crippen molar-refractivity contribution < 1.29 is 35.1 Å². The molecule has 0 aromatic rings. The first-order chi connectivity index (χ1) is 22.2. The number of hydrogen-bond donors (Lipinski definition) is 6. The summed E-state index contributed by atoms with van der Waals surface area (Å²) in [5, 5.41) is 54.0. The minimum Gasteiger partial charge on any atom is -0.394 e.